The van der Waals surface area contributed by atoms with E-state index in [0.717, 1.165) is 6.42 Å². The van der Waals surface area contributed by atoms with Crippen molar-refractivity contribution in [3.8, 4) is 0 Å². The summed E-state index contributed by atoms with van der Waals surface area (Å²) < 4.78 is 0. The molecule has 21 heavy (non-hydrogen) atoms. The fourth-order valence-corrected chi connectivity index (χ4v) is 3.19. The fraction of sp³-hybridized carbons (Fsp3) is 0.238. The van der Waals surface area contributed by atoms with Gasteiger partial charge in [-0.2, -0.15) is 0 Å². The van der Waals surface area contributed by atoms with Crippen LogP contribution < -0.4 is 0 Å². The van der Waals surface area contributed by atoms with Crippen LogP contribution in [0.15, 0.2) is 78.9 Å². The Bertz CT molecular complexity index is 663. The van der Waals surface area contributed by atoms with Crippen LogP contribution in [0.4, 0.5) is 0 Å². The smallest absolute Gasteiger partial charge is 0.0170 e. The van der Waals surface area contributed by atoms with Gasteiger partial charge in [0, 0.05) is 5.41 Å². The molecule has 0 saturated carbocycles. The van der Waals surface area contributed by atoms with E-state index < -0.39 is 0 Å². The predicted molar refractivity (Wildman–Crippen MR) is 90.5 cm³/mol. The molecular formula is C21H22. The SMILES string of the molecule is CC1C=CC=CC1(C)c1ccccc1Cc1ccccc1. The van der Waals surface area contributed by atoms with Crippen LogP contribution in [0, 0.1) is 5.92 Å². The first-order chi connectivity index (χ1) is 10.2. The minimum Gasteiger partial charge on any atom is -0.0805 e. The second-order valence-corrected chi connectivity index (χ2v) is 6.13. The van der Waals surface area contributed by atoms with E-state index in [1.807, 2.05) is 0 Å². The maximum absolute atomic E-state index is 2.35. The van der Waals surface area contributed by atoms with Gasteiger partial charge in [0.05, 0.1) is 0 Å². The Kier molecular flexibility index (Phi) is 3.79. The topological polar surface area (TPSA) is 0 Å². The molecule has 106 valence electrons. The second-order valence-electron chi connectivity index (χ2n) is 6.13. The van der Waals surface area contributed by atoms with Crippen molar-refractivity contribution in [2.24, 2.45) is 5.92 Å². The molecular weight excluding hydrogens is 252 g/mol. The van der Waals surface area contributed by atoms with Gasteiger partial charge >= 0.3 is 0 Å². The predicted octanol–water partition coefficient (Wildman–Crippen LogP) is 5.30. The summed E-state index contributed by atoms with van der Waals surface area (Å²) in [7, 11) is 0. The molecule has 0 amide bonds. The van der Waals surface area contributed by atoms with Crippen LogP contribution in [-0.4, -0.2) is 0 Å². The third kappa shape index (κ3) is 2.71. The van der Waals surface area contributed by atoms with Gasteiger partial charge in [-0.25, -0.2) is 0 Å². The van der Waals surface area contributed by atoms with Gasteiger partial charge in [0.1, 0.15) is 0 Å². The summed E-state index contributed by atoms with van der Waals surface area (Å²) in [6.07, 6.45) is 9.99. The Hall–Kier alpha value is -2.08. The highest BCUT2D eigenvalue weighted by Gasteiger charge is 2.31. The maximum atomic E-state index is 2.35. The van der Waals surface area contributed by atoms with Crippen molar-refractivity contribution in [1.82, 2.24) is 0 Å². The highest BCUT2D eigenvalue weighted by atomic mass is 14.3. The fourth-order valence-electron chi connectivity index (χ4n) is 3.19. The molecule has 1 aliphatic rings. The lowest BCUT2D eigenvalue weighted by Crippen LogP contribution is -2.29. The molecule has 0 N–H and O–H groups in total. The highest BCUT2D eigenvalue weighted by molar-refractivity contribution is 5.43. The summed E-state index contributed by atoms with van der Waals surface area (Å²) >= 11 is 0. The first-order valence-corrected chi connectivity index (χ1v) is 7.68. The van der Waals surface area contributed by atoms with Gasteiger partial charge in [-0.1, -0.05) is 92.7 Å². The van der Waals surface area contributed by atoms with Gasteiger partial charge in [-0.15, -0.1) is 0 Å². The number of rotatable bonds is 3. The molecule has 1 aliphatic carbocycles. The van der Waals surface area contributed by atoms with Crippen molar-refractivity contribution in [2.45, 2.75) is 25.7 Å². The molecule has 0 radical (unpaired) electrons. The molecule has 2 aromatic carbocycles. The van der Waals surface area contributed by atoms with Gasteiger partial charge in [0.2, 0.25) is 0 Å². The van der Waals surface area contributed by atoms with Crippen LogP contribution in [0.2, 0.25) is 0 Å². The summed E-state index contributed by atoms with van der Waals surface area (Å²) in [6.45, 7) is 4.65. The van der Waals surface area contributed by atoms with Crippen molar-refractivity contribution in [3.63, 3.8) is 0 Å². The van der Waals surface area contributed by atoms with Gasteiger partial charge in [-0.3, -0.25) is 0 Å². The molecule has 0 fully saturated rings. The van der Waals surface area contributed by atoms with Crippen molar-refractivity contribution < 1.29 is 0 Å². The summed E-state index contributed by atoms with van der Waals surface area (Å²) in [5, 5.41) is 0. The van der Waals surface area contributed by atoms with Crippen LogP contribution in [0.1, 0.15) is 30.5 Å². The summed E-state index contributed by atoms with van der Waals surface area (Å²) in [4.78, 5) is 0. The molecule has 0 heteroatoms. The van der Waals surface area contributed by atoms with Crippen molar-refractivity contribution in [2.75, 3.05) is 0 Å². The first kappa shape index (κ1) is 13.9. The second kappa shape index (κ2) is 5.73. The molecule has 3 rings (SSSR count). The van der Waals surface area contributed by atoms with E-state index >= 15 is 0 Å². The van der Waals surface area contributed by atoms with E-state index in [1.54, 1.807) is 0 Å². The number of allylic oxidation sites excluding steroid dienone is 4. The molecule has 0 aliphatic heterocycles. The third-order valence-electron chi connectivity index (χ3n) is 4.73. The molecule has 0 spiro atoms. The quantitative estimate of drug-likeness (QED) is 0.712. The van der Waals surface area contributed by atoms with E-state index in [9.17, 15) is 0 Å². The van der Waals surface area contributed by atoms with Gasteiger partial charge in [-0.05, 0) is 29.0 Å². The Labute approximate surface area is 127 Å². The summed E-state index contributed by atoms with van der Waals surface area (Å²) in [6, 6.07) is 19.6. The third-order valence-corrected chi connectivity index (χ3v) is 4.73. The lowest BCUT2D eigenvalue weighted by Gasteiger charge is -2.35. The van der Waals surface area contributed by atoms with Crippen LogP contribution in [0.3, 0.4) is 0 Å². The lowest BCUT2D eigenvalue weighted by molar-refractivity contribution is 0.454. The standard InChI is InChI=1S/C21H22/c1-17-10-8-9-15-21(17,2)20-14-7-6-13-19(20)16-18-11-4-3-5-12-18/h3-15,17H,16H2,1-2H3. The molecule has 0 heterocycles. The van der Waals surface area contributed by atoms with Gasteiger partial charge < -0.3 is 0 Å². The van der Waals surface area contributed by atoms with Crippen LogP contribution in [0.5, 0.6) is 0 Å². The molecule has 2 unspecified atom stereocenters. The zero-order valence-corrected chi connectivity index (χ0v) is 12.8. The van der Waals surface area contributed by atoms with Crippen molar-refractivity contribution >= 4 is 0 Å². The van der Waals surface area contributed by atoms with E-state index in [4.69, 9.17) is 0 Å². The number of benzene rings is 2. The zero-order valence-electron chi connectivity index (χ0n) is 12.8. The number of hydrogen-bond acceptors (Lipinski definition) is 0. The highest BCUT2D eigenvalue weighted by Crippen LogP contribution is 2.38. The molecule has 0 bridgehead atoms. The average Bonchev–Trinajstić information content (AvgIpc) is 2.52. The summed E-state index contributed by atoms with van der Waals surface area (Å²) in [5.41, 5.74) is 4.33. The minimum absolute atomic E-state index is 0.0835. The van der Waals surface area contributed by atoms with E-state index in [1.165, 1.54) is 16.7 Å². The summed E-state index contributed by atoms with van der Waals surface area (Å²) in [5.74, 6) is 0.513. The van der Waals surface area contributed by atoms with Crippen molar-refractivity contribution in [3.05, 3.63) is 95.6 Å². The lowest BCUT2D eigenvalue weighted by atomic mass is 9.68. The van der Waals surface area contributed by atoms with Crippen LogP contribution in [0.25, 0.3) is 0 Å². The Balaban J connectivity index is 2.00. The monoisotopic (exact) mass is 274 g/mol. The zero-order chi connectivity index (χ0) is 14.7. The first-order valence-electron chi connectivity index (χ1n) is 7.68. The van der Waals surface area contributed by atoms with Crippen LogP contribution >= 0.6 is 0 Å². The Morgan fingerprint density at radius 3 is 2.38 bits per heavy atom. The average molecular weight is 274 g/mol. The Morgan fingerprint density at radius 1 is 0.905 bits per heavy atom. The number of hydrogen-bond donors (Lipinski definition) is 0. The van der Waals surface area contributed by atoms with Crippen LogP contribution in [-0.2, 0) is 11.8 Å². The molecule has 0 saturated heterocycles. The van der Waals surface area contributed by atoms with Gasteiger partial charge in [0.25, 0.3) is 0 Å². The minimum atomic E-state index is 0.0835. The normalized spacial score (nSPS) is 24.2. The Morgan fingerprint density at radius 2 is 1.62 bits per heavy atom. The van der Waals surface area contributed by atoms with E-state index in [2.05, 4.69) is 92.7 Å². The maximum Gasteiger partial charge on any atom is 0.0170 e. The molecule has 2 atom stereocenters. The molecule has 0 nitrogen and oxygen atoms in total. The van der Waals surface area contributed by atoms with Crippen molar-refractivity contribution in [1.29, 1.82) is 0 Å². The molecule has 2 aromatic rings. The van der Waals surface area contributed by atoms with E-state index in [-0.39, 0.29) is 5.41 Å². The van der Waals surface area contributed by atoms with Gasteiger partial charge in [0.15, 0.2) is 0 Å². The molecule has 0 aromatic heterocycles. The largest absolute Gasteiger partial charge is 0.0805 e. The van der Waals surface area contributed by atoms with E-state index in [0.29, 0.717) is 5.92 Å².